The Labute approximate surface area is 122 Å². The third-order valence-corrected chi connectivity index (χ3v) is 2.64. The van der Waals surface area contributed by atoms with E-state index >= 15 is 0 Å². The number of alkyl halides is 1. The van der Waals surface area contributed by atoms with Crippen LogP contribution in [0, 0.1) is 0 Å². The second-order valence-corrected chi connectivity index (χ2v) is 4.14. The minimum Gasteiger partial charge on any atom is -0.748 e. The average molecular weight is 335 g/mol. The molecule has 0 bridgehead atoms. The smallest absolute Gasteiger partial charge is 0.108 e. The van der Waals surface area contributed by atoms with E-state index in [0.29, 0.717) is 6.42 Å². The van der Waals surface area contributed by atoms with Gasteiger partial charge in [0, 0.05) is 22.4 Å². The first-order valence-electron chi connectivity index (χ1n) is 5.32. The Hall–Kier alpha value is -0.631. The van der Waals surface area contributed by atoms with Crippen molar-refractivity contribution in [1.29, 1.82) is 0 Å². The Balaban J connectivity index is 0.000000360. The zero-order chi connectivity index (χ0) is 11.6. The van der Waals surface area contributed by atoms with E-state index in [1.165, 1.54) is 0 Å². The van der Waals surface area contributed by atoms with E-state index in [1.807, 2.05) is 54.6 Å². The number of carbonyl (C=O) groups excluding carboxylic acids is 1. The normalized spacial score (nSPS) is 8.76. The fourth-order valence-corrected chi connectivity index (χ4v) is 1.53. The SMILES string of the molecule is O=C(CCCBr)[c-]1cccc1.[Fe].[cH-]1[cH-][cH-][cH-][cH-]1. The summed E-state index contributed by atoms with van der Waals surface area (Å²) in [5, 5.41) is 0.902. The van der Waals surface area contributed by atoms with E-state index < -0.39 is 0 Å². The molecule has 0 spiro atoms. The molecule has 2 aromatic rings. The number of hydrogen-bond donors (Lipinski definition) is 0. The first-order valence-corrected chi connectivity index (χ1v) is 6.44. The average Bonchev–Trinajstić information content (AvgIpc) is 2.98. The van der Waals surface area contributed by atoms with Crippen molar-refractivity contribution in [2.45, 2.75) is 12.8 Å². The topological polar surface area (TPSA) is 17.1 Å². The first-order chi connectivity index (χ1) is 7.84. The molecule has 1 nitrogen and oxygen atoms in total. The molecule has 2 rings (SSSR count). The van der Waals surface area contributed by atoms with Gasteiger partial charge in [0.05, 0.1) is 0 Å². The summed E-state index contributed by atoms with van der Waals surface area (Å²) < 4.78 is 0. The molecule has 0 heterocycles. The first kappa shape index (κ1) is 16.4. The van der Waals surface area contributed by atoms with E-state index in [1.54, 1.807) is 0 Å². The number of Topliss-reactive ketones (excluding diaryl/α,β-unsaturated/α-hetero) is 1. The van der Waals surface area contributed by atoms with Gasteiger partial charge in [-0.25, -0.2) is 12.1 Å². The van der Waals surface area contributed by atoms with Crippen LogP contribution >= 0.6 is 15.9 Å². The van der Waals surface area contributed by atoms with Gasteiger partial charge in [-0.05, 0) is 12.8 Å². The van der Waals surface area contributed by atoms with Crippen LogP contribution < -0.4 is 0 Å². The molecule has 2 aromatic carbocycles. The third-order valence-electron chi connectivity index (χ3n) is 2.08. The summed E-state index contributed by atoms with van der Waals surface area (Å²) in [6.45, 7) is 0. The van der Waals surface area contributed by atoms with Crippen LogP contribution in [0.2, 0.25) is 0 Å². The maximum atomic E-state index is 11.2. The van der Waals surface area contributed by atoms with Gasteiger partial charge in [0.1, 0.15) is 5.78 Å². The molecule has 0 radical (unpaired) electrons. The quantitative estimate of drug-likeness (QED) is 0.355. The summed E-state index contributed by atoms with van der Waals surface area (Å²) >= 11 is 3.29. The van der Waals surface area contributed by atoms with Gasteiger partial charge in [-0.3, -0.25) is 0 Å². The van der Waals surface area contributed by atoms with Crippen LogP contribution in [0.1, 0.15) is 23.2 Å². The van der Waals surface area contributed by atoms with Crippen LogP contribution in [0.25, 0.3) is 0 Å². The summed E-state index contributed by atoms with van der Waals surface area (Å²) in [7, 11) is 0. The number of carbonyl (C=O) groups is 1. The zero-order valence-electron chi connectivity index (χ0n) is 9.46. The summed E-state index contributed by atoms with van der Waals surface area (Å²) in [6, 6.07) is 17.5. The largest absolute Gasteiger partial charge is 0.748 e. The van der Waals surface area contributed by atoms with Gasteiger partial charge >= 0.3 is 0 Å². The van der Waals surface area contributed by atoms with E-state index in [0.717, 1.165) is 17.3 Å². The minimum absolute atomic E-state index is 0. The zero-order valence-corrected chi connectivity index (χ0v) is 12.1. The molecule has 0 fully saturated rings. The molecule has 0 atom stereocenters. The number of hydrogen-bond acceptors (Lipinski definition) is 1. The Morgan fingerprint density at radius 3 is 1.94 bits per heavy atom. The Bertz CT molecular complexity index is 348. The van der Waals surface area contributed by atoms with E-state index in [2.05, 4.69) is 15.9 Å². The Kier molecular flexibility index (Phi) is 10.1. The fraction of sp³-hybridized carbons (Fsp3) is 0.214. The summed E-state index contributed by atoms with van der Waals surface area (Å²) in [5.74, 6) is 0.245. The molecule has 0 aliphatic heterocycles. The predicted octanol–water partition coefficient (Wildman–Crippen LogP) is 4.17. The summed E-state index contributed by atoms with van der Waals surface area (Å²) in [5.41, 5.74) is 0.839. The monoisotopic (exact) mass is 334 g/mol. The molecular formula is C14H15BrFeO-6. The summed E-state index contributed by atoms with van der Waals surface area (Å²) in [4.78, 5) is 11.2. The molecule has 0 aromatic heterocycles. The van der Waals surface area contributed by atoms with Crippen LogP contribution in [-0.2, 0) is 17.1 Å². The molecule has 0 N–H and O–H groups in total. The van der Waals surface area contributed by atoms with Gasteiger partial charge in [-0.15, -0.1) is 0 Å². The van der Waals surface area contributed by atoms with Gasteiger partial charge in [0.2, 0.25) is 0 Å². The van der Waals surface area contributed by atoms with Crippen molar-refractivity contribution >= 4 is 21.7 Å². The van der Waals surface area contributed by atoms with E-state index in [4.69, 9.17) is 0 Å². The van der Waals surface area contributed by atoms with Crippen molar-refractivity contribution < 1.29 is 21.9 Å². The van der Waals surface area contributed by atoms with E-state index in [-0.39, 0.29) is 22.9 Å². The summed E-state index contributed by atoms with van der Waals surface area (Å²) in [6.07, 6.45) is 1.57. The van der Waals surface area contributed by atoms with E-state index in [9.17, 15) is 4.79 Å². The molecule has 0 amide bonds. The second-order valence-electron chi connectivity index (χ2n) is 3.35. The van der Waals surface area contributed by atoms with Gasteiger partial charge < -0.3 is 35.1 Å². The second kappa shape index (κ2) is 10.5. The van der Waals surface area contributed by atoms with Crippen molar-refractivity contribution in [3.8, 4) is 0 Å². The van der Waals surface area contributed by atoms with Crippen LogP contribution in [0.5, 0.6) is 0 Å². The Morgan fingerprint density at radius 1 is 1.06 bits per heavy atom. The van der Waals surface area contributed by atoms with Crippen LogP contribution in [0.4, 0.5) is 0 Å². The van der Waals surface area contributed by atoms with Crippen LogP contribution in [0.15, 0.2) is 54.6 Å². The van der Waals surface area contributed by atoms with Crippen molar-refractivity contribution in [2.75, 3.05) is 5.33 Å². The third kappa shape index (κ3) is 7.32. The van der Waals surface area contributed by atoms with Gasteiger partial charge in [-0.2, -0.15) is 12.1 Å². The maximum Gasteiger partial charge on any atom is 0.108 e. The minimum atomic E-state index is 0. The molecule has 0 unspecified atom stereocenters. The molecule has 0 saturated heterocycles. The van der Waals surface area contributed by atoms with Gasteiger partial charge in [0.15, 0.2) is 0 Å². The molecule has 3 heteroatoms. The number of halogens is 1. The molecule has 0 saturated carbocycles. The van der Waals surface area contributed by atoms with Crippen molar-refractivity contribution in [1.82, 2.24) is 0 Å². The molecule has 17 heavy (non-hydrogen) atoms. The van der Waals surface area contributed by atoms with Crippen LogP contribution in [0.3, 0.4) is 0 Å². The Morgan fingerprint density at radius 2 is 1.53 bits per heavy atom. The van der Waals surface area contributed by atoms with Crippen molar-refractivity contribution in [3.05, 3.63) is 60.2 Å². The molecule has 0 aliphatic carbocycles. The number of rotatable bonds is 4. The van der Waals surface area contributed by atoms with Gasteiger partial charge in [-0.1, -0.05) is 21.5 Å². The van der Waals surface area contributed by atoms with Gasteiger partial charge in [0.25, 0.3) is 0 Å². The predicted molar refractivity (Wildman–Crippen MR) is 71.4 cm³/mol. The number of ketones is 1. The molecular weight excluding hydrogens is 320 g/mol. The fourth-order valence-electron chi connectivity index (χ4n) is 1.25. The molecule has 98 valence electrons. The van der Waals surface area contributed by atoms with Crippen LogP contribution in [-0.4, -0.2) is 11.1 Å². The standard InChI is InChI=1S/C9H10BrO.C5H5.Fe/c10-7-3-6-9(11)8-4-1-2-5-8;1-2-4-5-3-1;/h1-2,4-5H,3,6-7H2;1-5H;/q-1;-5;. The van der Waals surface area contributed by atoms with Crippen molar-refractivity contribution in [2.24, 2.45) is 0 Å². The maximum absolute atomic E-state index is 11.2. The molecule has 0 aliphatic rings. The van der Waals surface area contributed by atoms with Crippen molar-refractivity contribution in [3.63, 3.8) is 0 Å².